The summed E-state index contributed by atoms with van der Waals surface area (Å²) < 4.78 is 5.29. The third kappa shape index (κ3) is 1.87. The van der Waals surface area contributed by atoms with E-state index < -0.39 is 0 Å². The number of hydrogen-bond donors (Lipinski definition) is 1. The zero-order chi connectivity index (χ0) is 11.7. The van der Waals surface area contributed by atoms with Gasteiger partial charge in [-0.05, 0) is 6.07 Å². The number of hydrogen-bond acceptors (Lipinski definition) is 5. The van der Waals surface area contributed by atoms with Crippen LogP contribution >= 0.6 is 0 Å². The van der Waals surface area contributed by atoms with E-state index in [1.807, 2.05) is 6.07 Å². The van der Waals surface area contributed by atoms with Crippen LogP contribution in [0.2, 0.25) is 0 Å². The average molecular weight is 232 g/mol. The van der Waals surface area contributed by atoms with E-state index in [0.717, 1.165) is 18.8 Å². The van der Waals surface area contributed by atoms with Gasteiger partial charge in [-0.1, -0.05) is 0 Å². The van der Waals surface area contributed by atoms with Crippen molar-refractivity contribution in [3.8, 4) is 0 Å². The second-order valence-electron chi connectivity index (χ2n) is 3.92. The molecule has 1 N–H and O–H groups in total. The van der Waals surface area contributed by atoms with Crippen molar-refractivity contribution in [3.63, 3.8) is 0 Å². The van der Waals surface area contributed by atoms with Crippen molar-refractivity contribution >= 4 is 16.6 Å². The first-order valence-corrected chi connectivity index (χ1v) is 5.51. The van der Waals surface area contributed by atoms with Crippen molar-refractivity contribution in [1.29, 1.82) is 0 Å². The van der Waals surface area contributed by atoms with Gasteiger partial charge in [-0.2, -0.15) is 5.10 Å². The van der Waals surface area contributed by atoms with E-state index in [-0.39, 0.29) is 5.56 Å². The number of aromatic nitrogens is 3. The van der Waals surface area contributed by atoms with Crippen molar-refractivity contribution in [2.75, 3.05) is 31.2 Å². The first-order chi connectivity index (χ1) is 8.34. The monoisotopic (exact) mass is 232 g/mol. The van der Waals surface area contributed by atoms with Crippen LogP contribution in [0.25, 0.3) is 10.9 Å². The minimum atomic E-state index is -0.204. The molecule has 6 heteroatoms. The summed E-state index contributed by atoms with van der Waals surface area (Å²) in [6.45, 7) is 3.09. The van der Waals surface area contributed by atoms with E-state index in [4.69, 9.17) is 4.74 Å². The molecule has 0 radical (unpaired) electrons. The van der Waals surface area contributed by atoms with Crippen molar-refractivity contribution in [2.24, 2.45) is 0 Å². The minimum Gasteiger partial charge on any atom is -0.378 e. The lowest BCUT2D eigenvalue weighted by atomic mass is 10.2. The highest BCUT2D eigenvalue weighted by Crippen LogP contribution is 2.17. The molecule has 88 valence electrons. The van der Waals surface area contributed by atoms with Gasteiger partial charge in [0.05, 0.1) is 42.2 Å². The normalized spacial score (nSPS) is 16.4. The maximum atomic E-state index is 11.6. The molecule has 2 aromatic heterocycles. The van der Waals surface area contributed by atoms with E-state index in [0.29, 0.717) is 24.1 Å². The third-order valence-corrected chi connectivity index (χ3v) is 2.88. The molecule has 0 atom stereocenters. The van der Waals surface area contributed by atoms with Gasteiger partial charge in [0.2, 0.25) is 0 Å². The zero-order valence-electron chi connectivity index (χ0n) is 9.22. The Morgan fingerprint density at radius 2 is 2.12 bits per heavy atom. The Kier molecular flexibility index (Phi) is 2.49. The SMILES string of the molecule is O=c1[nH]ncc2ncc(N3CCOCC3)cc12. The van der Waals surface area contributed by atoms with Crippen LogP contribution in [0.15, 0.2) is 23.3 Å². The molecule has 0 unspecified atom stereocenters. The molecule has 0 aliphatic carbocycles. The highest BCUT2D eigenvalue weighted by atomic mass is 16.5. The molecule has 3 heterocycles. The van der Waals surface area contributed by atoms with Gasteiger partial charge in [0.1, 0.15) is 0 Å². The minimum absolute atomic E-state index is 0.204. The van der Waals surface area contributed by atoms with Gasteiger partial charge in [-0.15, -0.1) is 0 Å². The number of nitrogens with one attached hydrogen (secondary N) is 1. The summed E-state index contributed by atoms with van der Waals surface area (Å²) in [7, 11) is 0. The third-order valence-electron chi connectivity index (χ3n) is 2.88. The molecule has 3 rings (SSSR count). The number of morpholine rings is 1. The van der Waals surface area contributed by atoms with E-state index in [2.05, 4.69) is 20.1 Å². The van der Waals surface area contributed by atoms with Gasteiger partial charge in [-0.25, -0.2) is 5.10 Å². The fourth-order valence-electron chi connectivity index (χ4n) is 1.96. The van der Waals surface area contributed by atoms with Gasteiger partial charge in [0.25, 0.3) is 5.56 Å². The quantitative estimate of drug-likeness (QED) is 0.758. The van der Waals surface area contributed by atoms with Crippen molar-refractivity contribution < 1.29 is 4.74 Å². The molecule has 1 aliphatic rings. The molecule has 2 aromatic rings. The smallest absolute Gasteiger partial charge is 0.273 e. The first kappa shape index (κ1) is 10.2. The molecule has 0 aromatic carbocycles. The van der Waals surface area contributed by atoms with E-state index in [1.54, 1.807) is 12.4 Å². The molecule has 1 fully saturated rings. The Morgan fingerprint density at radius 3 is 2.94 bits per heavy atom. The van der Waals surface area contributed by atoms with Crippen LogP contribution in [-0.4, -0.2) is 41.5 Å². The number of anilines is 1. The summed E-state index contributed by atoms with van der Waals surface area (Å²) in [5, 5.41) is 6.71. The van der Waals surface area contributed by atoms with Crippen LogP contribution in [0.3, 0.4) is 0 Å². The number of nitrogens with zero attached hydrogens (tertiary/aromatic N) is 3. The lowest BCUT2D eigenvalue weighted by Crippen LogP contribution is -2.36. The van der Waals surface area contributed by atoms with Gasteiger partial charge < -0.3 is 9.64 Å². The molecule has 0 spiro atoms. The summed E-state index contributed by atoms with van der Waals surface area (Å²) in [4.78, 5) is 18.0. The van der Waals surface area contributed by atoms with Crippen LogP contribution in [0.4, 0.5) is 5.69 Å². The van der Waals surface area contributed by atoms with Crippen molar-refractivity contribution in [3.05, 3.63) is 28.8 Å². The summed E-state index contributed by atoms with van der Waals surface area (Å²) in [6.07, 6.45) is 3.33. The molecular formula is C11H12N4O2. The number of rotatable bonds is 1. The van der Waals surface area contributed by atoms with E-state index in [9.17, 15) is 4.79 Å². The topological polar surface area (TPSA) is 71.1 Å². The molecule has 0 saturated carbocycles. The van der Waals surface area contributed by atoms with E-state index in [1.165, 1.54) is 0 Å². The lowest BCUT2D eigenvalue weighted by molar-refractivity contribution is 0.122. The second kappa shape index (κ2) is 4.14. The molecule has 1 saturated heterocycles. The largest absolute Gasteiger partial charge is 0.378 e. The Morgan fingerprint density at radius 1 is 1.29 bits per heavy atom. The van der Waals surface area contributed by atoms with Crippen LogP contribution in [0, 0.1) is 0 Å². The van der Waals surface area contributed by atoms with Crippen LogP contribution < -0.4 is 10.5 Å². The number of H-pyrrole nitrogens is 1. The van der Waals surface area contributed by atoms with Gasteiger partial charge in [0, 0.05) is 13.1 Å². The highest BCUT2D eigenvalue weighted by molar-refractivity contribution is 5.79. The maximum Gasteiger partial charge on any atom is 0.273 e. The maximum absolute atomic E-state index is 11.6. The molecule has 6 nitrogen and oxygen atoms in total. The van der Waals surface area contributed by atoms with Crippen LogP contribution in [0.5, 0.6) is 0 Å². The van der Waals surface area contributed by atoms with Gasteiger partial charge in [0.15, 0.2) is 0 Å². The summed E-state index contributed by atoms with van der Waals surface area (Å²) in [5.74, 6) is 0. The number of fused-ring (bicyclic) bond motifs is 1. The molecule has 17 heavy (non-hydrogen) atoms. The number of pyridine rings is 1. The summed E-state index contributed by atoms with van der Waals surface area (Å²) in [6, 6.07) is 1.86. The summed E-state index contributed by atoms with van der Waals surface area (Å²) in [5.41, 5.74) is 1.37. The standard InChI is InChI=1S/C11H12N4O2/c16-11-9-5-8(15-1-3-17-4-2-15)6-12-10(9)7-13-14-11/h5-7H,1-4H2,(H,14,16). The first-order valence-electron chi connectivity index (χ1n) is 5.51. The van der Waals surface area contributed by atoms with E-state index >= 15 is 0 Å². The van der Waals surface area contributed by atoms with Gasteiger partial charge >= 0.3 is 0 Å². The molecule has 0 bridgehead atoms. The Bertz CT molecular complexity index is 589. The predicted octanol–water partition coefficient (Wildman–Crippen LogP) is 0.155. The van der Waals surface area contributed by atoms with Crippen LogP contribution in [-0.2, 0) is 4.74 Å². The Hall–Kier alpha value is -1.95. The molecule has 0 amide bonds. The second-order valence-corrected chi connectivity index (χ2v) is 3.92. The van der Waals surface area contributed by atoms with Crippen molar-refractivity contribution in [2.45, 2.75) is 0 Å². The fourth-order valence-corrected chi connectivity index (χ4v) is 1.96. The van der Waals surface area contributed by atoms with Crippen molar-refractivity contribution in [1.82, 2.24) is 15.2 Å². The highest BCUT2D eigenvalue weighted by Gasteiger charge is 2.12. The average Bonchev–Trinajstić information content (AvgIpc) is 2.40. The Balaban J connectivity index is 2.06. The lowest BCUT2D eigenvalue weighted by Gasteiger charge is -2.28. The molecular weight excluding hydrogens is 220 g/mol. The Labute approximate surface area is 97.2 Å². The number of ether oxygens (including phenoxy) is 1. The predicted molar refractivity (Wildman–Crippen MR) is 63.2 cm³/mol. The summed E-state index contributed by atoms with van der Waals surface area (Å²) >= 11 is 0. The zero-order valence-corrected chi connectivity index (χ0v) is 9.22. The van der Waals surface area contributed by atoms with Crippen LogP contribution in [0.1, 0.15) is 0 Å². The fraction of sp³-hybridized carbons (Fsp3) is 0.364. The van der Waals surface area contributed by atoms with Gasteiger partial charge in [-0.3, -0.25) is 9.78 Å². The number of aromatic amines is 1. The molecule has 1 aliphatic heterocycles.